The highest BCUT2D eigenvalue weighted by atomic mass is 35.5. The van der Waals surface area contributed by atoms with Crippen molar-refractivity contribution < 1.29 is 4.74 Å². The van der Waals surface area contributed by atoms with Crippen LogP contribution in [0.1, 0.15) is 6.92 Å². The highest BCUT2D eigenvalue weighted by molar-refractivity contribution is 6.33. The average molecular weight is 275 g/mol. The third kappa shape index (κ3) is 2.13. The van der Waals surface area contributed by atoms with Crippen LogP contribution >= 0.6 is 11.6 Å². The number of benzene rings is 1. The van der Waals surface area contributed by atoms with E-state index < -0.39 is 0 Å². The van der Waals surface area contributed by atoms with Gasteiger partial charge in [0.25, 0.3) is 0 Å². The maximum atomic E-state index is 6.01. The van der Waals surface area contributed by atoms with Gasteiger partial charge in [0, 0.05) is 6.07 Å². The molecule has 3 aromatic rings. The van der Waals surface area contributed by atoms with Gasteiger partial charge in [0.1, 0.15) is 17.2 Å². The van der Waals surface area contributed by atoms with E-state index in [9.17, 15) is 0 Å². The van der Waals surface area contributed by atoms with Gasteiger partial charge in [-0.2, -0.15) is 5.10 Å². The highest BCUT2D eigenvalue weighted by Crippen LogP contribution is 2.23. The minimum Gasteiger partial charge on any atom is -0.494 e. The first-order valence-corrected chi connectivity index (χ1v) is 6.25. The summed E-state index contributed by atoms with van der Waals surface area (Å²) in [5.74, 6) is 0.795. The van der Waals surface area contributed by atoms with Gasteiger partial charge in [-0.05, 0) is 19.1 Å². The van der Waals surface area contributed by atoms with E-state index >= 15 is 0 Å². The molecule has 0 spiro atoms. The zero-order chi connectivity index (χ0) is 13.2. The summed E-state index contributed by atoms with van der Waals surface area (Å²) in [6.07, 6.45) is 3.08. The summed E-state index contributed by atoms with van der Waals surface area (Å²) >= 11 is 6.01. The highest BCUT2D eigenvalue weighted by Gasteiger charge is 2.10. The van der Waals surface area contributed by atoms with Gasteiger partial charge in [0.15, 0.2) is 5.65 Å². The van der Waals surface area contributed by atoms with Crippen LogP contribution in [0.4, 0.5) is 0 Å². The summed E-state index contributed by atoms with van der Waals surface area (Å²) in [5.41, 5.74) is 1.55. The predicted molar refractivity (Wildman–Crippen MR) is 72.8 cm³/mol. The molecule has 96 valence electrons. The van der Waals surface area contributed by atoms with Crippen LogP contribution in [0.5, 0.6) is 5.75 Å². The quantitative estimate of drug-likeness (QED) is 0.689. The Labute approximate surface area is 114 Å². The van der Waals surface area contributed by atoms with Gasteiger partial charge in [0.05, 0.1) is 23.9 Å². The van der Waals surface area contributed by atoms with Crippen LogP contribution in [-0.4, -0.2) is 26.4 Å². The molecule has 0 saturated heterocycles. The SMILES string of the molecule is CCOc1cccc(-n2ncc3c(Cl)ncnc32)c1. The second kappa shape index (κ2) is 4.85. The Morgan fingerprint density at radius 3 is 3.05 bits per heavy atom. The van der Waals surface area contributed by atoms with E-state index in [1.165, 1.54) is 6.33 Å². The van der Waals surface area contributed by atoms with Crippen LogP contribution in [0.15, 0.2) is 36.8 Å². The maximum absolute atomic E-state index is 6.01. The van der Waals surface area contributed by atoms with Crippen LogP contribution in [0.3, 0.4) is 0 Å². The molecule has 1 aromatic carbocycles. The third-order valence-electron chi connectivity index (χ3n) is 2.69. The normalized spacial score (nSPS) is 10.8. The van der Waals surface area contributed by atoms with Crippen molar-refractivity contribution in [3.8, 4) is 11.4 Å². The minimum atomic E-state index is 0.400. The van der Waals surface area contributed by atoms with Crippen molar-refractivity contribution in [1.29, 1.82) is 0 Å². The van der Waals surface area contributed by atoms with Crippen molar-refractivity contribution in [1.82, 2.24) is 19.7 Å². The van der Waals surface area contributed by atoms with Crippen LogP contribution in [0.2, 0.25) is 5.15 Å². The Hall–Kier alpha value is -2.14. The Morgan fingerprint density at radius 2 is 2.21 bits per heavy atom. The second-order valence-electron chi connectivity index (χ2n) is 3.89. The first-order chi connectivity index (χ1) is 9.29. The molecular formula is C13H11ClN4O. The lowest BCUT2D eigenvalue weighted by Crippen LogP contribution is -1.99. The van der Waals surface area contributed by atoms with Crippen LogP contribution < -0.4 is 4.74 Å². The predicted octanol–water partition coefficient (Wildman–Crippen LogP) is 2.87. The number of aromatic nitrogens is 4. The molecule has 0 fully saturated rings. The van der Waals surface area contributed by atoms with Crippen molar-refractivity contribution in [2.24, 2.45) is 0 Å². The summed E-state index contributed by atoms with van der Waals surface area (Å²) < 4.78 is 7.19. The third-order valence-corrected chi connectivity index (χ3v) is 2.99. The standard InChI is InChI=1S/C13H11ClN4O/c1-2-19-10-5-3-4-9(6-10)18-13-11(7-17-18)12(14)15-8-16-13/h3-8H,2H2,1H3. The molecule has 0 radical (unpaired) electrons. The lowest BCUT2D eigenvalue weighted by atomic mass is 10.3. The number of rotatable bonds is 3. The van der Waals surface area contributed by atoms with Crippen LogP contribution in [0, 0.1) is 0 Å². The topological polar surface area (TPSA) is 52.8 Å². The molecular weight excluding hydrogens is 264 g/mol. The van der Waals surface area contributed by atoms with E-state index in [0.29, 0.717) is 17.4 Å². The molecule has 0 N–H and O–H groups in total. The second-order valence-corrected chi connectivity index (χ2v) is 4.25. The van der Waals surface area contributed by atoms with E-state index in [4.69, 9.17) is 16.3 Å². The zero-order valence-corrected chi connectivity index (χ0v) is 11.0. The lowest BCUT2D eigenvalue weighted by molar-refractivity contribution is 0.340. The fraction of sp³-hybridized carbons (Fsp3) is 0.154. The van der Waals surface area contributed by atoms with Gasteiger partial charge in [-0.1, -0.05) is 17.7 Å². The molecule has 2 heterocycles. The van der Waals surface area contributed by atoms with Crippen molar-refractivity contribution in [2.75, 3.05) is 6.61 Å². The molecule has 6 heteroatoms. The summed E-state index contributed by atoms with van der Waals surface area (Å²) in [7, 11) is 0. The van der Waals surface area contributed by atoms with Gasteiger partial charge >= 0.3 is 0 Å². The number of halogens is 1. The van der Waals surface area contributed by atoms with Crippen molar-refractivity contribution >= 4 is 22.6 Å². The van der Waals surface area contributed by atoms with Gasteiger partial charge in [-0.3, -0.25) is 0 Å². The molecule has 0 amide bonds. The molecule has 2 aromatic heterocycles. The molecule has 0 atom stereocenters. The Bertz CT molecular complexity index is 725. The molecule has 19 heavy (non-hydrogen) atoms. The molecule has 5 nitrogen and oxygen atoms in total. The molecule has 0 aliphatic carbocycles. The van der Waals surface area contributed by atoms with Crippen LogP contribution in [0.25, 0.3) is 16.7 Å². The molecule has 0 aliphatic heterocycles. The largest absolute Gasteiger partial charge is 0.494 e. The van der Waals surface area contributed by atoms with Gasteiger partial charge in [-0.15, -0.1) is 0 Å². The number of hydrogen-bond donors (Lipinski definition) is 0. The molecule has 3 rings (SSSR count). The molecule has 0 bridgehead atoms. The first kappa shape index (κ1) is 11.9. The number of nitrogens with zero attached hydrogens (tertiary/aromatic N) is 4. The van der Waals surface area contributed by atoms with Crippen molar-refractivity contribution in [3.63, 3.8) is 0 Å². The molecule has 0 aliphatic rings. The van der Waals surface area contributed by atoms with Gasteiger partial charge < -0.3 is 4.74 Å². The monoisotopic (exact) mass is 274 g/mol. The molecule has 0 saturated carbocycles. The number of ether oxygens (including phenoxy) is 1. The maximum Gasteiger partial charge on any atom is 0.167 e. The minimum absolute atomic E-state index is 0.400. The van der Waals surface area contributed by atoms with Crippen molar-refractivity contribution in [3.05, 3.63) is 41.9 Å². The van der Waals surface area contributed by atoms with Gasteiger partial charge in [-0.25, -0.2) is 14.6 Å². The van der Waals surface area contributed by atoms with Crippen LogP contribution in [-0.2, 0) is 0 Å². The fourth-order valence-electron chi connectivity index (χ4n) is 1.88. The Kier molecular flexibility index (Phi) is 3.05. The fourth-order valence-corrected chi connectivity index (χ4v) is 2.05. The summed E-state index contributed by atoms with van der Waals surface area (Å²) in [4.78, 5) is 8.16. The van der Waals surface area contributed by atoms with Gasteiger partial charge in [0.2, 0.25) is 0 Å². The number of fused-ring (bicyclic) bond motifs is 1. The van der Waals surface area contributed by atoms with Crippen molar-refractivity contribution in [2.45, 2.75) is 6.92 Å². The van der Waals surface area contributed by atoms with E-state index in [1.807, 2.05) is 31.2 Å². The summed E-state index contributed by atoms with van der Waals surface area (Å²) in [5, 5.41) is 5.43. The smallest absolute Gasteiger partial charge is 0.167 e. The van der Waals surface area contributed by atoms with E-state index in [2.05, 4.69) is 15.1 Å². The van der Waals surface area contributed by atoms with E-state index in [1.54, 1.807) is 10.9 Å². The first-order valence-electron chi connectivity index (χ1n) is 5.87. The lowest BCUT2D eigenvalue weighted by Gasteiger charge is -2.06. The van der Waals surface area contributed by atoms with E-state index in [0.717, 1.165) is 16.8 Å². The Morgan fingerprint density at radius 1 is 1.32 bits per heavy atom. The van der Waals surface area contributed by atoms with E-state index in [-0.39, 0.29) is 0 Å². The summed E-state index contributed by atoms with van der Waals surface area (Å²) in [6, 6.07) is 7.66. The number of hydrogen-bond acceptors (Lipinski definition) is 4. The Balaban J connectivity index is 2.14. The molecule has 0 unspecified atom stereocenters. The average Bonchev–Trinajstić information content (AvgIpc) is 2.85. The zero-order valence-electron chi connectivity index (χ0n) is 10.2. The summed E-state index contributed by atoms with van der Waals surface area (Å²) in [6.45, 7) is 2.57.